The fourth-order valence-electron chi connectivity index (χ4n) is 4.13. The summed E-state index contributed by atoms with van der Waals surface area (Å²) in [6.07, 6.45) is -1.87. The fraction of sp³-hybridized carbons (Fsp3) is 0.455. The molecule has 4 rings (SSSR count). The summed E-state index contributed by atoms with van der Waals surface area (Å²) < 4.78 is 53.8. The third-order valence-corrected chi connectivity index (χ3v) is 6.22. The highest BCUT2D eigenvalue weighted by atomic mass is 19.4. The summed E-state index contributed by atoms with van der Waals surface area (Å²) in [5, 5.41) is 4.67. The highest BCUT2D eigenvalue weighted by Crippen LogP contribution is 2.35. The molecule has 9 nitrogen and oxygen atoms in total. The van der Waals surface area contributed by atoms with Gasteiger partial charge in [0.15, 0.2) is 0 Å². The quantitative estimate of drug-likeness (QED) is 0.216. The number of amides is 1. The van der Waals surface area contributed by atoms with E-state index in [1.807, 2.05) is 0 Å². The third-order valence-electron chi connectivity index (χ3n) is 6.22. The summed E-state index contributed by atoms with van der Waals surface area (Å²) in [4.78, 5) is 24.6. The van der Waals surface area contributed by atoms with Crippen LogP contribution in [-0.2, 0) is 6.18 Å². The minimum Gasteiger partial charge on any atom is -0.354 e. The molecule has 0 aromatic carbocycles. The van der Waals surface area contributed by atoms with Crippen LogP contribution in [-0.4, -0.2) is 58.0 Å². The minimum atomic E-state index is -4.49. The molecule has 2 aromatic rings. The first-order valence-corrected chi connectivity index (χ1v) is 11.1. The lowest BCUT2D eigenvalue weighted by Crippen LogP contribution is -2.55. The molecule has 0 bridgehead atoms. The number of pyridine rings is 2. The van der Waals surface area contributed by atoms with E-state index in [0.717, 1.165) is 25.1 Å². The van der Waals surface area contributed by atoms with Crippen molar-refractivity contribution in [3.05, 3.63) is 47.8 Å². The number of aromatic nitrogens is 2. The number of anilines is 2. The van der Waals surface area contributed by atoms with Gasteiger partial charge >= 0.3 is 6.18 Å². The van der Waals surface area contributed by atoms with E-state index in [1.54, 1.807) is 28.9 Å². The van der Waals surface area contributed by atoms with E-state index in [4.69, 9.17) is 11.7 Å². The highest BCUT2D eigenvalue weighted by molar-refractivity contribution is 5.96. The molecule has 4 N–H and O–H groups in total. The van der Waals surface area contributed by atoms with Crippen LogP contribution in [0, 0.1) is 0 Å². The van der Waals surface area contributed by atoms with Crippen molar-refractivity contribution in [2.45, 2.75) is 50.6 Å². The Bertz CT molecular complexity index is 1070. The summed E-state index contributed by atoms with van der Waals surface area (Å²) in [6.45, 7) is 1.89. The lowest BCUT2D eigenvalue weighted by Gasteiger charge is -2.41. The normalized spacial score (nSPS) is 21.1. The van der Waals surface area contributed by atoms with E-state index in [2.05, 4.69) is 15.1 Å². The maximum absolute atomic E-state index is 15.4. The van der Waals surface area contributed by atoms with Crippen molar-refractivity contribution in [1.82, 2.24) is 14.9 Å². The van der Waals surface area contributed by atoms with E-state index in [1.165, 1.54) is 17.3 Å². The number of rotatable bonds is 5. The topological polar surface area (TPSA) is 117 Å². The number of amidine groups is 1. The van der Waals surface area contributed by atoms with Gasteiger partial charge in [-0.25, -0.2) is 25.2 Å². The largest absolute Gasteiger partial charge is 0.417 e. The summed E-state index contributed by atoms with van der Waals surface area (Å²) in [5.74, 6) is 11.7. The molecule has 0 unspecified atom stereocenters. The molecule has 0 spiro atoms. The van der Waals surface area contributed by atoms with Crippen molar-refractivity contribution < 1.29 is 22.4 Å². The number of carbonyl (C=O) groups is 1. The van der Waals surface area contributed by atoms with Gasteiger partial charge in [0.1, 0.15) is 23.6 Å². The Hall–Kier alpha value is -3.48. The first kappa shape index (κ1) is 24.6. The Morgan fingerprint density at radius 1 is 1.14 bits per heavy atom. The Morgan fingerprint density at radius 3 is 2.40 bits per heavy atom. The van der Waals surface area contributed by atoms with Crippen LogP contribution >= 0.6 is 0 Å². The Labute approximate surface area is 199 Å². The average Bonchev–Trinajstić information content (AvgIpc) is 3.69. The van der Waals surface area contributed by atoms with Crippen LogP contribution in [0.2, 0.25) is 0 Å². The molecule has 2 fully saturated rings. The van der Waals surface area contributed by atoms with E-state index in [-0.39, 0.29) is 24.3 Å². The number of hydrogen-bond donors (Lipinski definition) is 2. The van der Waals surface area contributed by atoms with Gasteiger partial charge in [-0.3, -0.25) is 4.79 Å². The lowest BCUT2D eigenvalue weighted by atomic mass is 9.99. The van der Waals surface area contributed by atoms with Crippen LogP contribution in [0.4, 0.5) is 29.2 Å². The third kappa shape index (κ3) is 5.29. The van der Waals surface area contributed by atoms with Gasteiger partial charge in [0.05, 0.1) is 23.7 Å². The number of hydrazone groups is 1. The molecule has 2 aliphatic rings. The lowest BCUT2D eigenvalue weighted by molar-refractivity contribution is -0.137. The van der Waals surface area contributed by atoms with Gasteiger partial charge in [-0.15, -0.1) is 0 Å². The van der Waals surface area contributed by atoms with Crippen LogP contribution in [0.5, 0.6) is 0 Å². The second-order valence-corrected chi connectivity index (χ2v) is 8.62. The number of hydrogen-bond acceptors (Lipinski definition) is 7. The van der Waals surface area contributed by atoms with Crippen LogP contribution in [0.3, 0.4) is 0 Å². The second-order valence-electron chi connectivity index (χ2n) is 8.62. The van der Waals surface area contributed by atoms with Crippen molar-refractivity contribution in [3.8, 4) is 0 Å². The van der Waals surface area contributed by atoms with Gasteiger partial charge in [-0.1, -0.05) is 0 Å². The number of carbonyl (C=O) groups excluding carboxylic acids is 1. The molecule has 1 amide bonds. The number of nitrogens with two attached hydrogens (primary N) is 2. The van der Waals surface area contributed by atoms with Crippen LogP contribution in [0.25, 0.3) is 0 Å². The molecule has 0 radical (unpaired) electrons. The Morgan fingerprint density at radius 2 is 1.89 bits per heavy atom. The van der Waals surface area contributed by atoms with Gasteiger partial charge in [-0.05, 0) is 50.5 Å². The molecule has 188 valence electrons. The molecule has 2 aromatic heterocycles. The second kappa shape index (κ2) is 9.64. The number of halogens is 4. The SMILES string of the molecule is C/C(=N/N)N(N)c1ccc(C(=O)N(C2CC2)[C@H]2CCN(c3ccc(C(F)(F)F)cn3)C[C@H]2F)cn1. The fourth-order valence-corrected chi connectivity index (χ4v) is 4.13. The van der Waals surface area contributed by atoms with Crippen LogP contribution in [0.15, 0.2) is 41.8 Å². The van der Waals surface area contributed by atoms with E-state index >= 15 is 4.39 Å². The molecule has 2 atom stereocenters. The van der Waals surface area contributed by atoms with Gasteiger partial charge < -0.3 is 15.6 Å². The predicted molar refractivity (Wildman–Crippen MR) is 122 cm³/mol. The number of nitrogens with zero attached hydrogens (tertiary/aromatic N) is 6. The van der Waals surface area contributed by atoms with E-state index < -0.39 is 24.0 Å². The molecule has 35 heavy (non-hydrogen) atoms. The number of alkyl halides is 4. The molecular formula is C22H26F4N8O. The van der Waals surface area contributed by atoms with Crippen LogP contribution < -0.4 is 21.6 Å². The molecule has 13 heteroatoms. The van der Waals surface area contributed by atoms with E-state index in [0.29, 0.717) is 30.2 Å². The highest BCUT2D eigenvalue weighted by Gasteiger charge is 2.43. The standard InChI is InChI=1S/C22H26F4N8O/c1-13(31-27)34(28)20-6-2-14(10-29-20)21(35)33(16-4-5-16)18-8-9-32(12-17(18)23)19-7-3-15(11-30-19)22(24,25)26/h2-3,6-7,10-11,16-18H,4-5,8-9,12,27-28H2,1H3/b31-13-/t17-,18+/m1/s1. The average molecular weight is 494 g/mol. The zero-order chi connectivity index (χ0) is 25.3. The van der Waals surface area contributed by atoms with Gasteiger partial charge in [-0.2, -0.15) is 18.3 Å². The van der Waals surface area contributed by atoms with Gasteiger partial charge in [0.2, 0.25) is 0 Å². The number of hydrazine groups is 1. The van der Waals surface area contributed by atoms with Crippen molar-refractivity contribution in [1.29, 1.82) is 0 Å². The number of piperidine rings is 1. The van der Waals surface area contributed by atoms with Crippen molar-refractivity contribution in [3.63, 3.8) is 0 Å². The van der Waals surface area contributed by atoms with Crippen molar-refractivity contribution in [2.75, 3.05) is 23.0 Å². The molecule has 1 saturated heterocycles. The Balaban J connectivity index is 1.46. The Kier molecular flexibility index (Phi) is 6.79. The maximum Gasteiger partial charge on any atom is 0.417 e. The molecule has 1 aliphatic heterocycles. The summed E-state index contributed by atoms with van der Waals surface area (Å²) in [7, 11) is 0. The molecule has 3 heterocycles. The van der Waals surface area contributed by atoms with Gasteiger partial charge in [0.25, 0.3) is 5.91 Å². The predicted octanol–water partition coefficient (Wildman–Crippen LogP) is 2.69. The monoisotopic (exact) mass is 494 g/mol. The zero-order valence-electron chi connectivity index (χ0n) is 19.0. The smallest absolute Gasteiger partial charge is 0.354 e. The summed E-state index contributed by atoms with van der Waals surface area (Å²) in [6, 6.07) is 4.58. The minimum absolute atomic E-state index is 0.0567. The van der Waals surface area contributed by atoms with Gasteiger partial charge in [0, 0.05) is 25.0 Å². The first-order chi connectivity index (χ1) is 16.6. The first-order valence-electron chi connectivity index (χ1n) is 11.1. The molecule has 1 aliphatic carbocycles. The zero-order valence-corrected chi connectivity index (χ0v) is 19.0. The van der Waals surface area contributed by atoms with Crippen molar-refractivity contribution >= 4 is 23.4 Å². The summed E-state index contributed by atoms with van der Waals surface area (Å²) in [5.41, 5.74) is -0.559. The van der Waals surface area contributed by atoms with E-state index in [9.17, 15) is 18.0 Å². The summed E-state index contributed by atoms with van der Waals surface area (Å²) >= 11 is 0. The molecular weight excluding hydrogens is 468 g/mol. The molecule has 1 saturated carbocycles. The van der Waals surface area contributed by atoms with Crippen molar-refractivity contribution in [2.24, 2.45) is 16.8 Å². The maximum atomic E-state index is 15.4. The van der Waals surface area contributed by atoms with Crippen LogP contribution in [0.1, 0.15) is 42.1 Å².